The number of rotatable bonds is 2. The molecule has 2 heteroatoms. The zero-order valence-electron chi connectivity index (χ0n) is 9.31. The minimum atomic E-state index is -0.194. The van der Waals surface area contributed by atoms with Crippen LogP contribution in [0.2, 0.25) is 0 Å². The second kappa shape index (κ2) is 3.10. The van der Waals surface area contributed by atoms with E-state index in [9.17, 15) is 0 Å². The number of hydrogen-bond donors (Lipinski definition) is 0. The zero-order chi connectivity index (χ0) is 10.3. The summed E-state index contributed by atoms with van der Waals surface area (Å²) < 4.78 is 11.1. The fraction of sp³-hybridized carbons (Fsp3) is 0.818. The van der Waals surface area contributed by atoms with Crippen molar-refractivity contribution in [3.05, 3.63) is 12.2 Å². The summed E-state index contributed by atoms with van der Waals surface area (Å²) in [5.74, 6) is 0.299. The van der Waals surface area contributed by atoms with Crippen molar-refractivity contribution in [3.8, 4) is 0 Å². The highest BCUT2D eigenvalue weighted by atomic mass is 16.5. The Kier molecular flexibility index (Phi) is 2.56. The fourth-order valence-corrected chi connectivity index (χ4v) is 1.67. The summed E-state index contributed by atoms with van der Waals surface area (Å²) >= 11 is 0. The van der Waals surface area contributed by atoms with Crippen LogP contribution in [0, 0.1) is 5.92 Å². The Labute approximate surface area is 80.9 Å². The molecule has 0 bridgehead atoms. The molecule has 2 nitrogen and oxygen atoms in total. The first-order valence-electron chi connectivity index (χ1n) is 4.69. The van der Waals surface area contributed by atoms with Gasteiger partial charge in [0.25, 0.3) is 0 Å². The zero-order valence-corrected chi connectivity index (χ0v) is 9.31. The van der Waals surface area contributed by atoms with E-state index in [0.717, 1.165) is 5.57 Å². The maximum Gasteiger partial charge on any atom is 0.0837 e. The lowest BCUT2D eigenvalue weighted by atomic mass is 9.81. The Bertz CT molecular complexity index is 216. The average Bonchev–Trinajstić information content (AvgIpc) is 2.28. The van der Waals surface area contributed by atoms with E-state index in [-0.39, 0.29) is 11.2 Å². The average molecular weight is 184 g/mol. The van der Waals surface area contributed by atoms with E-state index in [1.54, 1.807) is 7.11 Å². The van der Waals surface area contributed by atoms with Gasteiger partial charge >= 0.3 is 0 Å². The van der Waals surface area contributed by atoms with Crippen molar-refractivity contribution in [3.63, 3.8) is 0 Å². The predicted molar refractivity (Wildman–Crippen MR) is 53.7 cm³/mol. The molecule has 1 rings (SSSR count). The molecule has 0 radical (unpaired) electrons. The number of methoxy groups -OCH3 is 1. The number of hydrogen-bond acceptors (Lipinski definition) is 2. The Morgan fingerprint density at radius 3 is 2.38 bits per heavy atom. The molecule has 13 heavy (non-hydrogen) atoms. The van der Waals surface area contributed by atoms with Crippen LogP contribution in [0.5, 0.6) is 0 Å². The molecule has 0 aromatic heterocycles. The van der Waals surface area contributed by atoms with Crippen LogP contribution in [0.1, 0.15) is 27.7 Å². The highest BCUT2D eigenvalue weighted by molar-refractivity contribution is 5.21. The van der Waals surface area contributed by atoms with E-state index in [0.29, 0.717) is 12.5 Å². The second-order valence-corrected chi connectivity index (χ2v) is 4.71. The summed E-state index contributed by atoms with van der Waals surface area (Å²) in [7, 11) is 1.73. The predicted octanol–water partition coefficient (Wildman–Crippen LogP) is 2.39. The molecule has 1 atom stereocenters. The van der Waals surface area contributed by atoms with Gasteiger partial charge < -0.3 is 9.47 Å². The summed E-state index contributed by atoms with van der Waals surface area (Å²) in [4.78, 5) is 0. The molecule has 1 heterocycles. The first kappa shape index (κ1) is 10.7. The molecular formula is C11H20O2. The third-order valence-electron chi connectivity index (χ3n) is 3.17. The summed E-state index contributed by atoms with van der Waals surface area (Å²) in [6.07, 6.45) is 0. The molecule has 1 aliphatic heterocycles. The molecule has 76 valence electrons. The van der Waals surface area contributed by atoms with E-state index in [2.05, 4.69) is 34.3 Å². The lowest BCUT2D eigenvalue weighted by Crippen LogP contribution is -2.35. The lowest BCUT2D eigenvalue weighted by Gasteiger charge is -2.31. The van der Waals surface area contributed by atoms with Crippen LogP contribution in [0.3, 0.4) is 0 Å². The van der Waals surface area contributed by atoms with E-state index in [1.165, 1.54) is 0 Å². The van der Waals surface area contributed by atoms with Crippen LogP contribution < -0.4 is 0 Å². The quantitative estimate of drug-likeness (QED) is 0.613. The third kappa shape index (κ3) is 1.79. The van der Waals surface area contributed by atoms with Crippen LogP contribution >= 0.6 is 0 Å². The molecule has 0 saturated carbocycles. The van der Waals surface area contributed by atoms with Crippen molar-refractivity contribution in [2.24, 2.45) is 5.92 Å². The van der Waals surface area contributed by atoms with Crippen molar-refractivity contribution in [2.75, 3.05) is 13.7 Å². The summed E-state index contributed by atoms with van der Waals surface area (Å²) in [6, 6.07) is 0. The molecule has 0 aromatic rings. The first-order valence-corrected chi connectivity index (χ1v) is 4.69. The molecule has 1 fully saturated rings. The normalized spacial score (nSPS) is 28.1. The van der Waals surface area contributed by atoms with Gasteiger partial charge in [-0.1, -0.05) is 6.58 Å². The van der Waals surface area contributed by atoms with Crippen LogP contribution in [-0.2, 0) is 9.47 Å². The van der Waals surface area contributed by atoms with Crippen molar-refractivity contribution >= 4 is 0 Å². The smallest absolute Gasteiger partial charge is 0.0837 e. The van der Waals surface area contributed by atoms with Crippen LogP contribution in [0.25, 0.3) is 0 Å². The molecule has 0 spiro atoms. The van der Waals surface area contributed by atoms with Gasteiger partial charge in [-0.3, -0.25) is 0 Å². The molecule has 0 aliphatic carbocycles. The molecule has 0 aromatic carbocycles. The fourth-order valence-electron chi connectivity index (χ4n) is 1.67. The molecule has 0 N–H and O–H groups in total. The summed E-state index contributed by atoms with van der Waals surface area (Å²) in [5.41, 5.74) is 0.769. The number of ether oxygens (including phenoxy) is 2. The van der Waals surface area contributed by atoms with Gasteiger partial charge in [0.05, 0.1) is 17.8 Å². The van der Waals surface area contributed by atoms with Gasteiger partial charge in [-0.15, -0.1) is 0 Å². The Morgan fingerprint density at radius 2 is 2.08 bits per heavy atom. The topological polar surface area (TPSA) is 18.5 Å². The summed E-state index contributed by atoms with van der Waals surface area (Å²) in [6.45, 7) is 13.1. The summed E-state index contributed by atoms with van der Waals surface area (Å²) in [5, 5.41) is 0. The maximum atomic E-state index is 5.67. The second-order valence-electron chi connectivity index (χ2n) is 4.71. The van der Waals surface area contributed by atoms with Gasteiger partial charge in [0.15, 0.2) is 0 Å². The van der Waals surface area contributed by atoms with Gasteiger partial charge in [-0.25, -0.2) is 0 Å². The molecular weight excluding hydrogens is 164 g/mol. The minimum absolute atomic E-state index is 0.176. The molecule has 1 saturated heterocycles. The van der Waals surface area contributed by atoms with Gasteiger partial charge in [0.1, 0.15) is 0 Å². The Hall–Kier alpha value is -0.340. The van der Waals surface area contributed by atoms with Crippen LogP contribution in [-0.4, -0.2) is 24.9 Å². The van der Waals surface area contributed by atoms with Crippen molar-refractivity contribution in [1.82, 2.24) is 0 Å². The van der Waals surface area contributed by atoms with Crippen molar-refractivity contribution in [1.29, 1.82) is 0 Å². The van der Waals surface area contributed by atoms with Gasteiger partial charge in [0, 0.05) is 13.0 Å². The third-order valence-corrected chi connectivity index (χ3v) is 3.17. The van der Waals surface area contributed by atoms with E-state index in [4.69, 9.17) is 9.47 Å². The Balaban J connectivity index is 2.82. The standard InChI is InChI=1S/C11H20O2/c1-8-9(11(4,5)12-6)7-13-10(8,2)3/h9H,1,7H2,2-6H3. The van der Waals surface area contributed by atoms with Gasteiger partial charge in [0.2, 0.25) is 0 Å². The maximum absolute atomic E-state index is 5.67. The van der Waals surface area contributed by atoms with Crippen LogP contribution in [0.15, 0.2) is 12.2 Å². The van der Waals surface area contributed by atoms with E-state index in [1.807, 2.05) is 0 Å². The monoisotopic (exact) mass is 184 g/mol. The molecule has 1 aliphatic rings. The SMILES string of the molecule is C=C1C(C(C)(C)OC)COC1(C)C. The molecule has 0 amide bonds. The van der Waals surface area contributed by atoms with Crippen LogP contribution in [0.4, 0.5) is 0 Å². The van der Waals surface area contributed by atoms with Crippen molar-refractivity contribution in [2.45, 2.75) is 38.9 Å². The van der Waals surface area contributed by atoms with Gasteiger partial charge in [-0.2, -0.15) is 0 Å². The Morgan fingerprint density at radius 1 is 1.54 bits per heavy atom. The van der Waals surface area contributed by atoms with Crippen molar-refractivity contribution < 1.29 is 9.47 Å². The highest BCUT2D eigenvalue weighted by Crippen LogP contribution is 2.40. The highest BCUT2D eigenvalue weighted by Gasteiger charge is 2.44. The van der Waals surface area contributed by atoms with E-state index >= 15 is 0 Å². The largest absolute Gasteiger partial charge is 0.378 e. The lowest BCUT2D eigenvalue weighted by molar-refractivity contribution is -0.0284. The minimum Gasteiger partial charge on any atom is -0.378 e. The van der Waals surface area contributed by atoms with E-state index < -0.39 is 0 Å². The first-order chi connectivity index (χ1) is 5.81. The van der Waals surface area contributed by atoms with Gasteiger partial charge in [-0.05, 0) is 33.3 Å². The molecule has 1 unspecified atom stereocenters.